The van der Waals surface area contributed by atoms with Crippen molar-refractivity contribution in [1.29, 1.82) is 0 Å². The van der Waals surface area contributed by atoms with Crippen LogP contribution in [0.5, 0.6) is 0 Å². The average molecular weight is 469 g/mol. The molecule has 6 heteroatoms. The van der Waals surface area contributed by atoms with E-state index in [0.29, 0.717) is 19.3 Å². The van der Waals surface area contributed by atoms with Gasteiger partial charge in [-0.2, -0.15) is 0 Å². The molecule has 0 aliphatic rings. The lowest BCUT2D eigenvalue weighted by Gasteiger charge is -2.21. The van der Waals surface area contributed by atoms with Crippen LogP contribution in [0.2, 0.25) is 0 Å². The second kappa shape index (κ2) is 12.4. The van der Waals surface area contributed by atoms with Crippen molar-refractivity contribution >= 4 is 34.3 Å². The fourth-order valence-corrected chi connectivity index (χ4v) is 4.22. The molecule has 0 spiro atoms. The summed E-state index contributed by atoms with van der Waals surface area (Å²) in [6.07, 6.45) is 1.14. The van der Waals surface area contributed by atoms with Crippen LogP contribution < -0.4 is 0 Å². The van der Waals surface area contributed by atoms with Crippen molar-refractivity contribution in [3.63, 3.8) is 0 Å². The quantitative estimate of drug-likeness (QED) is 0.388. The molecular formula is C28H36O6. The minimum atomic E-state index is -1.06. The van der Waals surface area contributed by atoms with E-state index in [0.717, 1.165) is 16.3 Å². The number of fused-ring (bicyclic) bond motifs is 1. The van der Waals surface area contributed by atoms with Crippen LogP contribution in [0.15, 0.2) is 42.5 Å². The molecule has 0 bridgehead atoms. The van der Waals surface area contributed by atoms with Gasteiger partial charge in [0.05, 0.1) is 0 Å². The van der Waals surface area contributed by atoms with E-state index in [9.17, 15) is 19.2 Å². The lowest BCUT2D eigenvalue weighted by atomic mass is 9.89. The number of carboxylic acid groups (broad SMARTS) is 1. The van der Waals surface area contributed by atoms with Gasteiger partial charge in [0.15, 0.2) is 0 Å². The summed E-state index contributed by atoms with van der Waals surface area (Å²) >= 11 is 0. The van der Waals surface area contributed by atoms with Crippen LogP contribution in [-0.4, -0.2) is 34.2 Å². The molecule has 2 rings (SSSR count). The van der Waals surface area contributed by atoms with Crippen LogP contribution in [0.25, 0.3) is 10.8 Å². The highest BCUT2D eigenvalue weighted by Gasteiger charge is 2.25. The maximum Gasteiger partial charge on any atom is 0.306 e. The van der Waals surface area contributed by atoms with E-state index in [-0.39, 0.29) is 43.2 Å². The number of hydrogen-bond donors (Lipinski definition) is 1. The largest absolute Gasteiger partial charge is 0.481 e. The summed E-state index contributed by atoms with van der Waals surface area (Å²) in [6.45, 7) is 7.07. The Morgan fingerprint density at radius 3 is 2.18 bits per heavy atom. The highest BCUT2D eigenvalue weighted by atomic mass is 16.6. The van der Waals surface area contributed by atoms with E-state index in [1.807, 2.05) is 31.2 Å². The second-order valence-corrected chi connectivity index (χ2v) is 10.2. The van der Waals surface area contributed by atoms with Crippen molar-refractivity contribution in [2.75, 3.05) is 0 Å². The van der Waals surface area contributed by atoms with Crippen molar-refractivity contribution in [1.82, 2.24) is 0 Å². The maximum absolute atomic E-state index is 12.6. The third-order valence-corrected chi connectivity index (χ3v) is 5.56. The van der Waals surface area contributed by atoms with Gasteiger partial charge in [-0.25, -0.2) is 0 Å². The van der Waals surface area contributed by atoms with Crippen LogP contribution in [0.3, 0.4) is 0 Å². The molecule has 0 saturated heterocycles. The van der Waals surface area contributed by atoms with Crippen LogP contribution in [0, 0.1) is 11.8 Å². The molecule has 2 atom stereocenters. The maximum atomic E-state index is 12.6. The van der Waals surface area contributed by atoms with Gasteiger partial charge in [0.2, 0.25) is 0 Å². The van der Waals surface area contributed by atoms with Crippen molar-refractivity contribution in [2.45, 2.75) is 78.2 Å². The van der Waals surface area contributed by atoms with Gasteiger partial charge in [-0.1, -0.05) is 49.4 Å². The number of esters is 1. The SMILES string of the molecule is C[C@@H](CC(=O)CCc1cccc2ccccc12)CC(=O)C[C@H](CC(=O)O)CC(=O)OC(C)(C)C. The van der Waals surface area contributed by atoms with Gasteiger partial charge in [0.25, 0.3) is 0 Å². The Morgan fingerprint density at radius 2 is 1.50 bits per heavy atom. The zero-order chi connectivity index (χ0) is 25.3. The van der Waals surface area contributed by atoms with Gasteiger partial charge in [-0.05, 0) is 55.4 Å². The molecule has 2 aromatic carbocycles. The molecule has 0 heterocycles. The number of ketones is 2. The summed E-state index contributed by atoms with van der Waals surface area (Å²) in [5.41, 5.74) is 0.462. The first kappa shape index (κ1) is 27.2. The van der Waals surface area contributed by atoms with E-state index in [1.54, 1.807) is 20.8 Å². The molecule has 6 nitrogen and oxygen atoms in total. The Kier molecular flexibility index (Phi) is 9.97. The Balaban J connectivity index is 1.84. The number of hydrogen-bond acceptors (Lipinski definition) is 5. The first-order valence-electron chi connectivity index (χ1n) is 11.9. The Hall–Kier alpha value is -3.02. The summed E-state index contributed by atoms with van der Waals surface area (Å²) in [5.74, 6) is -2.36. The third-order valence-electron chi connectivity index (χ3n) is 5.56. The number of ether oxygens (including phenoxy) is 1. The average Bonchev–Trinajstić information content (AvgIpc) is 2.69. The molecule has 0 saturated carbocycles. The topological polar surface area (TPSA) is 97.7 Å². The number of carboxylic acids is 1. The van der Waals surface area contributed by atoms with Crippen LogP contribution >= 0.6 is 0 Å². The highest BCUT2D eigenvalue weighted by Crippen LogP contribution is 2.23. The summed E-state index contributed by atoms with van der Waals surface area (Å²) in [6, 6.07) is 14.2. The fourth-order valence-electron chi connectivity index (χ4n) is 4.22. The number of Topliss-reactive ketones (excluding diaryl/α,β-unsaturated/α-hetero) is 2. The molecule has 2 aromatic rings. The highest BCUT2D eigenvalue weighted by molar-refractivity contribution is 5.87. The summed E-state index contributed by atoms with van der Waals surface area (Å²) < 4.78 is 5.27. The normalized spacial score (nSPS) is 13.3. The predicted octanol–water partition coefficient (Wildman–Crippen LogP) is 5.54. The molecule has 0 fully saturated rings. The van der Waals surface area contributed by atoms with E-state index >= 15 is 0 Å². The molecule has 0 radical (unpaired) electrons. The van der Waals surface area contributed by atoms with Crippen molar-refractivity contribution in [2.24, 2.45) is 11.8 Å². The number of aliphatic carboxylic acids is 1. The van der Waals surface area contributed by atoms with Crippen LogP contribution in [0.1, 0.15) is 71.8 Å². The van der Waals surface area contributed by atoms with E-state index in [1.165, 1.54) is 0 Å². The molecular weight excluding hydrogens is 432 g/mol. The number of rotatable bonds is 13. The van der Waals surface area contributed by atoms with Crippen molar-refractivity contribution in [3.8, 4) is 0 Å². The van der Waals surface area contributed by atoms with Gasteiger partial charge < -0.3 is 9.84 Å². The van der Waals surface area contributed by atoms with Crippen LogP contribution in [0.4, 0.5) is 0 Å². The minimum Gasteiger partial charge on any atom is -0.481 e. The molecule has 0 unspecified atom stereocenters. The summed E-state index contributed by atoms with van der Waals surface area (Å²) in [5, 5.41) is 11.4. The van der Waals surface area contributed by atoms with Crippen LogP contribution in [-0.2, 0) is 30.3 Å². The zero-order valence-electron chi connectivity index (χ0n) is 20.6. The van der Waals surface area contributed by atoms with Gasteiger partial charge in [-0.3, -0.25) is 19.2 Å². The molecule has 0 amide bonds. The van der Waals surface area contributed by atoms with E-state index < -0.39 is 23.5 Å². The van der Waals surface area contributed by atoms with E-state index in [4.69, 9.17) is 9.84 Å². The molecule has 1 N–H and O–H groups in total. The van der Waals surface area contributed by atoms with E-state index in [2.05, 4.69) is 18.2 Å². The Labute approximate surface area is 201 Å². The second-order valence-electron chi connectivity index (χ2n) is 10.2. The standard InChI is InChI=1S/C28H36O6/c1-19(14-23(29)13-12-22-10-7-9-21-8-5-6-11-25(21)22)15-24(30)16-20(17-26(31)32)18-27(33)34-28(2,3)4/h5-11,19-20H,12-18H2,1-4H3,(H,31,32)/t19-,20+/m0/s1. The first-order chi connectivity index (χ1) is 15.9. The Bertz CT molecular complexity index is 1010. The number of carbonyl (C=O) groups is 4. The first-order valence-corrected chi connectivity index (χ1v) is 11.9. The van der Waals surface area contributed by atoms with Crippen molar-refractivity contribution in [3.05, 3.63) is 48.0 Å². The molecule has 0 aliphatic carbocycles. The fraction of sp³-hybridized carbons (Fsp3) is 0.500. The summed E-state index contributed by atoms with van der Waals surface area (Å²) in [7, 11) is 0. The summed E-state index contributed by atoms with van der Waals surface area (Å²) in [4.78, 5) is 48.4. The Morgan fingerprint density at radius 1 is 0.853 bits per heavy atom. The molecule has 0 aromatic heterocycles. The van der Waals surface area contributed by atoms with Gasteiger partial charge >= 0.3 is 11.9 Å². The zero-order valence-corrected chi connectivity index (χ0v) is 20.6. The van der Waals surface area contributed by atoms with Gasteiger partial charge in [-0.15, -0.1) is 0 Å². The molecule has 184 valence electrons. The predicted molar refractivity (Wildman–Crippen MR) is 132 cm³/mol. The third kappa shape index (κ3) is 9.86. The number of benzene rings is 2. The minimum absolute atomic E-state index is 0.0138. The smallest absolute Gasteiger partial charge is 0.306 e. The lowest BCUT2D eigenvalue weighted by molar-refractivity contribution is -0.156. The van der Waals surface area contributed by atoms with Gasteiger partial charge in [0, 0.05) is 38.5 Å². The molecule has 34 heavy (non-hydrogen) atoms. The van der Waals surface area contributed by atoms with Crippen molar-refractivity contribution < 1.29 is 29.0 Å². The van der Waals surface area contributed by atoms with Gasteiger partial charge in [0.1, 0.15) is 17.2 Å². The lowest BCUT2D eigenvalue weighted by Crippen LogP contribution is -2.26. The molecule has 0 aliphatic heterocycles. The monoisotopic (exact) mass is 468 g/mol. The number of carbonyl (C=O) groups excluding carboxylic acids is 3. The number of aryl methyl sites for hydroxylation is 1.